The van der Waals surface area contributed by atoms with Crippen molar-refractivity contribution in [1.82, 2.24) is 14.9 Å². The van der Waals surface area contributed by atoms with E-state index in [0.29, 0.717) is 17.0 Å². The topological polar surface area (TPSA) is 41.1 Å². The Bertz CT molecular complexity index is 307. The predicted molar refractivity (Wildman–Crippen MR) is 63.4 cm³/mol. The third-order valence-electron chi connectivity index (χ3n) is 2.27. The molecule has 0 fully saturated rings. The molecule has 84 valence electrons. The molecule has 4 nitrogen and oxygen atoms in total. The fourth-order valence-corrected chi connectivity index (χ4v) is 1.28. The van der Waals surface area contributed by atoms with E-state index < -0.39 is 0 Å². The van der Waals surface area contributed by atoms with Crippen molar-refractivity contribution >= 4 is 17.4 Å². The van der Waals surface area contributed by atoms with Crippen molar-refractivity contribution in [3.8, 4) is 0 Å². The average Bonchev–Trinajstić information content (AvgIpc) is 2.12. The summed E-state index contributed by atoms with van der Waals surface area (Å²) in [5.41, 5.74) is 0. The molecule has 0 saturated carbocycles. The van der Waals surface area contributed by atoms with Gasteiger partial charge in [0, 0.05) is 18.7 Å². The number of rotatable bonds is 4. The maximum absolute atomic E-state index is 5.83. The molecule has 1 rings (SSSR count). The van der Waals surface area contributed by atoms with Crippen LogP contribution in [0.25, 0.3) is 0 Å². The van der Waals surface area contributed by atoms with E-state index in [0.717, 1.165) is 12.4 Å². The second-order valence-corrected chi connectivity index (χ2v) is 4.20. The minimum atomic E-state index is 0.444. The zero-order chi connectivity index (χ0) is 11.4. The molecular weight excluding hydrogens is 212 g/mol. The Morgan fingerprint density at radius 1 is 1.47 bits per heavy atom. The lowest BCUT2D eigenvalue weighted by molar-refractivity contribution is 0.326. The van der Waals surface area contributed by atoms with Crippen LogP contribution in [0.5, 0.6) is 0 Å². The molecule has 0 aliphatic rings. The molecule has 0 aromatic carbocycles. The molecule has 0 spiro atoms. The van der Waals surface area contributed by atoms with Gasteiger partial charge >= 0.3 is 0 Å². The molecule has 0 amide bonds. The number of hydrogen-bond donors (Lipinski definition) is 1. The second kappa shape index (κ2) is 5.28. The number of likely N-dealkylation sites (N-methyl/N-ethyl adjacent to an activating group) is 1. The van der Waals surface area contributed by atoms with E-state index in [2.05, 4.69) is 27.1 Å². The molecule has 1 heterocycles. The Kier molecular flexibility index (Phi) is 4.29. The van der Waals surface area contributed by atoms with E-state index in [1.54, 1.807) is 6.07 Å². The summed E-state index contributed by atoms with van der Waals surface area (Å²) >= 11 is 5.83. The van der Waals surface area contributed by atoms with Gasteiger partial charge in [0.1, 0.15) is 16.8 Å². The van der Waals surface area contributed by atoms with Crippen LogP contribution in [-0.2, 0) is 0 Å². The molecule has 15 heavy (non-hydrogen) atoms. The summed E-state index contributed by atoms with van der Waals surface area (Å²) < 4.78 is 0. The Balaban J connectivity index is 2.57. The largest absolute Gasteiger partial charge is 0.368 e. The Morgan fingerprint density at radius 3 is 2.67 bits per heavy atom. The molecule has 0 bridgehead atoms. The van der Waals surface area contributed by atoms with Gasteiger partial charge in [-0.2, -0.15) is 0 Å². The van der Waals surface area contributed by atoms with E-state index in [4.69, 9.17) is 11.6 Å². The zero-order valence-corrected chi connectivity index (χ0v) is 10.3. The van der Waals surface area contributed by atoms with Crippen molar-refractivity contribution in [2.75, 3.05) is 26.0 Å². The first kappa shape index (κ1) is 12.2. The second-order valence-electron chi connectivity index (χ2n) is 3.82. The first-order valence-electron chi connectivity index (χ1n) is 4.90. The van der Waals surface area contributed by atoms with Gasteiger partial charge in [-0.25, -0.2) is 9.97 Å². The Labute approximate surface area is 95.7 Å². The molecule has 0 aliphatic heterocycles. The summed E-state index contributed by atoms with van der Waals surface area (Å²) in [6, 6.07) is 2.18. The number of nitrogens with zero attached hydrogens (tertiary/aromatic N) is 3. The van der Waals surface area contributed by atoms with Crippen molar-refractivity contribution in [3.63, 3.8) is 0 Å². The van der Waals surface area contributed by atoms with Crippen molar-refractivity contribution in [3.05, 3.63) is 17.0 Å². The highest BCUT2D eigenvalue weighted by atomic mass is 35.5. The zero-order valence-electron chi connectivity index (χ0n) is 9.58. The van der Waals surface area contributed by atoms with Crippen LogP contribution in [0.2, 0.25) is 5.15 Å². The van der Waals surface area contributed by atoms with Gasteiger partial charge in [-0.05, 0) is 27.9 Å². The van der Waals surface area contributed by atoms with Crippen LogP contribution >= 0.6 is 11.6 Å². The number of aryl methyl sites for hydroxylation is 1. The number of halogens is 1. The monoisotopic (exact) mass is 228 g/mol. The molecule has 1 atom stereocenters. The van der Waals surface area contributed by atoms with Gasteiger partial charge in [0.05, 0.1) is 0 Å². The third kappa shape index (κ3) is 4.01. The molecule has 5 heteroatoms. The lowest BCUT2D eigenvalue weighted by Gasteiger charge is -2.20. The smallest absolute Gasteiger partial charge is 0.134 e. The Hall–Kier alpha value is -0.870. The van der Waals surface area contributed by atoms with Gasteiger partial charge in [-0.15, -0.1) is 0 Å². The number of nitrogens with one attached hydrogen (secondary N) is 1. The number of aromatic nitrogens is 2. The molecule has 0 saturated heterocycles. The molecule has 1 aromatic rings. The fraction of sp³-hybridized carbons (Fsp3) is 0.600. The van der Waals surface area contributed by atoms with E-state index in [9.17, 15) is 0 Å². The summed E-state index contributed by atoms with van der Waals surface area (Å²) in [5, 5.41) is 3.70. The minimum absolute atomic E-state index is 0.444. The lowest BCUT2D eigenvalue weighted by Crippen LogP contribution is -2.31. The third-order valence-corrected chi connectivity index (χ3v) is 2.46. The van der Waals surface area contributed by atoms with Crippen LogP contribution in [0.1, 0.15) is 12.7 Å². The van der Waals surface area contributed by atoms with E-state index in [-0.39, 0.29) is 0 Å². The van der Waals surface area contributed by atoms with E-state index in [1.165, 1.54) is 0 Å². The predicted octanol–water partition coefficient (Wildman–Crippen LogP) is 1.80. The van der Waals surface area contributed by atoms with Crippen LogP contribution in [0.3, 0.4) is 0 Å². The van der Waals surface area contributed by atoms with Crippen LogP contribution in [0.15, 0.2) is 6.07 Å². The van der Waals surface area contributed by atoms with Crippen LogP contribution in [0.4, 0.5) is 5.82 Å². The van der Waals surface area contributed by atoms with Gasteiger partial charge in [-0.3, -0.25) is 0 Å². The Morgan fingerprint density at radius 2 is 2.13 bits per heavy atom. The van der Waals surface area contributed by atoms with Crippen LogP contribution in [0, 0.1) is 6.92 Å². The first-order chi connectivity index (χ1) is 6.99. The van der Waals surface area contributed by atoms with Crippen LogP contribution in [-0.4, -0.2) is 41.5 Å². The van der Waals surface area contributed by atoms with Gasteiger partial charge in [0.25, 0.3) is 0 Å². The van der Waals surface area contributed by atoms with Crippen molar-refractivity contribution in [2.24, 2.45) is 0 Å². The van der Waals surface area contributed by atoms with Crippen molar-refractivity contribution < 1.29 is 0 Å². The highest BCUT2D eigenvalue weighted by Crippen LogP contribution is 2.11. The van der Waals surface area contributed by atoms with Crippen LogP contribution < -0.4 is 5.32 Å². The van der Waals surface area contributed by atoms with Gasteiger partial charge in [0.2, 0.25) is 0 Å². The molecule has 1 unspecified atom stereocenters. The minimum Gasteiger partial charge on any atom is -0.368 e. The fourth-order valence-electron chi connectivity index (χ4n) is 1.06. The molecule has 1 N–H and O–H groups in total. The molecule has 1 aromatic heterocycles. The maximum Gasteiger partial charge on any atom is 0.134 e. The van der Waals surface area contributed by atoms with E-state index in [1.807, 2.05) is 21.0 Å². The average molecular weight is 229 g/mol. The van der Waals surface area contributed by atoms with Crippen molar-refractivity contribution in [1.29, 1.82) is 0 Å². The molecule has 0 aliphatic carbocycles. The summed E-state index contributed by atoms with van der Waals surface area (Å²) in [6.07, 6.45) is 0. The number of hydrogen-bond acceptors (Lipinski definition) is 4. The molecular formula is C10H17ClN4. The standard InChI is InChI=1S/C10H17ClN4/c1-7(15(3)4)6-12-10-5-9(11)13-8(2)14-10/h5,7H,6H2,1-4H3,(H,12,13,14). The van der Waals surface area contributed by atoms with Gasteiger partial charge in [-0.1, -0.05) is 11.6 Å². The maximum atomic E-state index is 5.83. The first-order valence-corrected chi connectivity index (χ1v) is 5.28. The highest BCUT2D eigenvalue weighted by molar-refractivity contribution is 6.29. The van der Waals surface area contributed by atoms with Crippen molar-refractivity contribution in [2.45, 2.75) is 19.9 Å². The summed E-state index contributed by atoms with van der Waals surface area (Å²) in [6.45, 7) is 4.80. The highest BCUT2D eigenvalue weighted by Gasteiger charge is 2.05. The number of anilines is 1. The summed E-state index contributed by atoms with van der Waals surface area (Å²) in [7, 11) is 4.09. The molecule has 0 radical (unpaired) electrons. The normalized spacial score (nSPS) is 12.9. The quantitative estimate of drug-likeness (QED) is 0.798. The summed E-state index contributed by atoms with van der Waals surface area (Å²) in [4.78, 5) is 10.4. The van der Waals surface area contributed by atoms with E-state index >= 15 is 0 Å². The van der Waals surface area contributed by atoms with Gasteiger partial charge < -0.3 is 10.2 Å². The lowest BCUT2D eigenvalue weighted by atomic mass is 10.3. The van der Waals surface area contributed by atoms with Gasteiger partial charge in [0.15, 0.2) is 0 Å². The summed E-state index contributed by atoms with van der Waals surface area (Å²) in [5.74, 6) is 1.46. The SMILES string of the molecule is Cc1nc(Cl)cc(NCC(C)N(C)C)n1.